The van der Waals surface area contributed by atoms with E-state index in [1.807, 2.05) is 25.1 Å². The molecule has 0 unspecified atom stereocenters. The van der Waals surface area contributed by atoms with Crippen molar-refractivity contribution in [2.24, 2.45) is 0 Å². The molecule has 3 rings (SSSR count). The van der Waals surface area contributed by atoms with Crippen molar-refractivity contribution in [2.75, 3.05) is 5.73 Å². The SMILES string of the molecule is Cc1nc2[nH]c3ccccc3c(=O)c2cc1N. The molecule has 4 nitrogen and oxygen atoms in total. The zero-order valence-electron chi connectivity index (χ0n) is 9.32. The number of H-pyrrole nitrogens is 1. The number of nitrogens with zero attached hydrogens (tertiary/aromatic N) is 1. The summed E-state index contributed by atoms with van der Waals surface area (Å²) < 4.78 is 0. The van der Waals surface area contributed by atoms with Crippen LogP contribution in [0.3, 0.4) is 0 Å². The molecule has 0 aliphatic rings. The van der Waals surface area contributed by atoms with Crippen molar-refractivity contribution in [3.05, 3.63) is 46.2 Å². The third-order valence-corrected chi connectivity index (χ3v) is 2.92. The second kappa shape index (κ2) is 3.31. The Bertz CT molecular complexity index is 790. The molecule has 2 aromatic heterocycles. The number of benzene rings is 1. The van der Waals surface area contributed by atoms with Crippen molar-refractivity contribution >= 4 is 27.6 Å². The minimum Gasteiger partial charge on any atom is -0.397 e. The minimum atomic E-state index is -0.0337. The van der Waals surface area contributed by atoms with E-state index in [1.165, 1.54) is 0 Å². The lowest BCUT2D eigenvalue weighted by molar-refractivity contribution is 1.22. The number of para-hydroxylation sites is 1. The van der Waals surface area contributed by atoms with Crippen molar-refractivity contribution in [1.29, 1.82) is 0 Å². The smallest absolute Gasteiger partial charge is 0.198 e. The lowest BCUT2D eigenvalue weighted by Gasteiger charge is -2.04. The molecule has 17 heavy (non-hydrogen) atoms. The average molecular weight is 225 g/mol. The van der Waals surface area contributed by atoms with E-state index in [2.05, 4.69) is 9.97 Å². The van der Waals surface area contributed by atoms with Crippen molar-refractivity contribution < 1.29 is 0 Å². The van der Waals surface area contributed by atoms with Gasteiger partial charge in [0.25, 0.3) is 0 Å². The molecular formula is C13H11N3O. The van der Waals surface area contributed by atoms with E-state index in [1.54, 1.807) is 12.1 Å². The third-order valence-electron chi connectivity index (χ3n) is 2.92. The molecule has 0 amide bonds. The van der Waals surface area contributed by atoms with Gasteiger partial charge in [-0.2, -0.15) is 0 Å². The largest absolute Gasteiger partial charge is 0.397 e. The summed E-state index contributed by atoms with van der Waals surface area (Å²) in [5.74, 6) is 0. The highest BCUT2D eigenvalue weighted by atomic mass is 16.1. The highest BCUT2D eigenvalue weighted by molar-refractivity contribution is 5.91. The van der Waals surface area contributed by atoms with Crippen LogP contribution in [0.25, 0.3) is 21.9 Å². The first-order chi connectivity index (χ1) is 8.16. The van der Waals surface area contributed by atoms with E-state index < -0.39 is 0 Å². The van der Waals surface area contributed by atoms with Gasteiger partial charge in [-0.25, -0.2) is 4.98 Å². The Kier molecular flexibility index (Phi) is 1.92. The van der Waals surface area contributed by atoms with Crippen molar-refractivity contribution in [1.82, 2.24) is 9.97 Å². The van der Waals surface area contributed by atoms with Crippen molar-refractivity contribution in [3.63, 3.8) is 0 Å². The molecule has 0 bridgehead atoms. The van der Waals surface area contributed by atoms with Crippen LogP contribution in [-0.4, -0.2) is 9.97 Å². The number of hydrogen-bond donors (Lipinski definition) is 2. The summed E-state index contributed by atoms with van der Waals surface area (Å²) in [7, 11) is 0. The quantitative estimate of drug-likeness (QED) is 0.574. The molecule has 0 spiro atoms. The number of aryl methyl sites for hydroxylation is 1. The molecule has 3 N–H and O–H groups in total. The molecule has 0 saturated carbocycles. The van der Waals surface area contributed by atoms with Gasteiger partial charge in [0.2, 0.25) is 0 Å². The van der Waals surface area contributed by atoms with E-state index in [0.29, 0.717) is 22.1 Å². The van der Waals surface area contributed by atoms with Crippen molar-refractivity contribution in [2.45, 2.75) is 6.92 Å². The number of hydrogen-bond acceptors (Lipinski definition) is 3. The van der Waals surface area contributed by atoms with Gasteiger partial charge in [-0.05, 0) is 25.1 Å². The zero-order chi connectivity index (χ0) is 12.0. The first kappa shape index (κ1) is 9.84. The van der Waals surface area contributed by atoms with Crippen LogP contribution >= 0.6 is 0 Å². The fraction of sp³-hybridized carbons (Fsp3) is 0.0769. The van der Waals surface area contributed by atoms with Gasteiger partial charge in [-0.3, -0.25) is 4.79 Å². The van der Waals surface area contributed by atoms with Crippen LogP contribution in [0.1, 0.15) is 5.69 Å². The molecule has 0 atom stereocenters. The highest BCUT2D eigenvalue weighted by Crippen LogP contribution is 2.17. The zero-order valence-corrected chi connectivity index (χ0v) is 9.32. The fourth-order valence-corrected chi connectivity index (χ4v) is 1.95. The summed E-state index contributed by atoms with van der Waals surface area (Å²) in [5, 5.41) is 1.19. The van der Waals surface area contributed by atoms with Gasteiger partial charge >= 0.3 is 0 Å². The molecule has 3 aromatic rings. The van der Waals surface area contributed by atoms with Crippen LogP contribution < -0.4 is 11.2 Å². The van der Waals surface area contributed by atoms with Gasteiger partial charge in [0, 0.05) is 5.39 Å². The Morgan fingerprint density at radius 3 is 2.82 bits per heavy atom. The van der Waals surface area contributed by atoms with E-state index in [4.69, 9.17) is 5.73 Å². The van der Waals surface area contributed by atoms with E-state index in [9.17, 15) is 4.79 Å². The minimum absolute atomic E-state index is 0.0337. The van der Waals surface area contributed by atoms with Crippen LogP contribution in [0.4, 0.5) is 5.69 Å². The normalized spacial score (nSPS) is 11.1. The Hall–Kier alpha value is -2.36. The number of aromatic amines is 1. The van der Waals surface area contributed by atoms with Crippen LogP contribution in [-0.2, 0) is 0 Å². The number of aromatic nitrogens is 2. The second-order valence-corrected chi connectivity index (χ2v) is 4.06. The van der Waals surface area contributed by atoms with E-state index in [-0.39, 0.29) is 5.43 Å². The number of nitrogens with one attached hydrogen (secondary N) is 1. The van der Waals surface area contributed by atoms with E-state index >= 15 is 0 Å². The summed E-state index contributed by atoms with van der Waals surface area (Å²) in [6.45, 7) is 1.82. The Morgan fingerprint density at radius 1 is 1.24 bits per heavy atom. The summed E-state index contributed by atoms with van der Waals surface area (Å²) in [6, 6.07) is 9.07. The predicted molar refractivity (Wildman–Crippen MR) is 69.0 cm³/mol. The molecule has 0 radical (unpaired) electrons. The molecule has 0 saturated heterocycles. The molecule has 0 fully saturated rings. The van der Waals surface area contributed by atoms with Crippen molar-refractivity contribution in [3.8, 4) is 0 Å². The summed E-state index contributed by atoms with van der Waals surface area (Å²) >= 11 is 0. The number of rotatable bonds is 0. The Balaban J connectivity index is 2.60. The number of fused-ring (bicyclic) bond motifs is 2. The molecule has 84 valence electrons. The first-order valence-corrected chi connectivity index (χ1v) is 5.34. The maximum absolute atomic E-state index is 12.2. The lowest BCUT2D eigenvalue weighted by atomic mass is 10.1. The first-order valence-electron chi connectivity index (χ1n) is 5.34. The van der Waals surface area contributed by atoms with Crippen LogP contribution in [0.5, 0.6) is 0 Å². The standard InChI is InChI=1S/C13H11N3O/c1-7-10(14)6-9-12(17)8-4-2-3-5-11(8)16-13(9)15-7/h2-6H,14H2,1H3,(H,15,16,17). The van der Waals surface area contributed by atoms with E-state index in [0.717, 1.165) is 11.2 Å². The fourth-order valence-electron chi connectivity index (χ4n) is 1.95. The maximum atomic E-state index is 12.2. The second-order valence-electron chi connectivity index (χ2n) is 4.06. The van der Waals surface area contributed by atoms with Gasteiger partial charge in [0.1, 0.15) is 5.65 Å². The van der Waals surface area contributed by atoms with Crippen LogP contribution in [0.15, 0.2) is 35.1 Å². The number of nitrogens with two attached hydrogens (primary N) is 1. The summed E-state index contributed by atoms with van der Waals surface area (Å²) in [5.41, 5.74) is 8.39. The molecule has 4 heteroatoms. The molecular weight excluding hydrogens is 214 g/mol. The van der Waals surface area contributed by atoms with Gasteiger partial charge < -0.3 is 10.7 Å². The monoisotopic (exact) mass is 225 g/mol. The van der Waals surface area contributed by atoms with Gasteiger partial charge in [0.15, 0.2) is 5.43 Å². The lowest BCUT2D eigenvalue weighted by Crippen LogP contribution is -2.07. The number of anilines is 1. The third kappa shape index (κ3) is 1.38. The van der Waals surface area contributed by atoms with Crippen LogP contribution in [0, 0.1) is 6.92 Å². The molecule has 0 aliphatic carbocycles. The maximum Gasteiger partial charge on any atom is 0.198 e. The Labute approximate surface area is 97.1 Å². The number of pyridine rings is 2. The molecule has 0 aliphatic heterocycles. The molecule has 2 heterocycles. The summed E-state index contributed by atoms with van der Waals surface area (Å²) in [4.78, 5) is 19.7. The summed E-state index contributed by atoms with van der Waals surface area (Å²) in [6.07, 6.45) is 0. The average Bonchev–Trinajstić information content (AvgIpc) is 2.32. The van der Waals surface area contributed by atoms with Crippen LogP contribution in [0.2, 0.25) is 0 Å². The molecule has 1 aromatic carbocycles. The Morgan fingerprint density at radius 2 is 2.00 bits per heavy atom. The predicted octanol–water partition coefficient (Wildman–Crippen LogP) is 1.97. The van der Waals surface area contributed by atoms with Gasteiger partial charge in [0.05, 0.1) is 22.3 Å². The van der Waals surface area contributed by atoms with Gasteiger partial charge in [-0.1, -0.05) is 12.1 Å². The number of nitrogen functional groups attached to an aromatic ring is 1. The topological polar surface area (TPSA) is 71.8 Å². The van der Waals surface area contributed by atoms with Gasteiger partial charge in [-0.15, -0.1) is 0 Å². The highest BCUT2D eigenvalue weighted by Gasteiger charge is 2.07.